The largest absolute Gasteiger partial charge is 0.462 e. The summed E-state index contributed by atoms with van der Waals surface area (Å²) in [7, 11) is 0. The first-order chi connectivity index (χ1) is 12.7. The van der Waals surface area contributed by atoms with E-state index in [2.05, 4.69) is 0 Å². The number of ether oxygens (including phenoxy) is 2. The van der Waals surface area contributed by atoms with E-state index in [1.165, 1.54) is 0 Å². The Morgan fingerprint density at radius 3 is 2.46 bits per heavy atom. The Labute approximate surface area is 151 Å². The van der Waals surface area contributed by atoms with E-state index in [-0.39, 0.29) is 36.9 Å². The number of carbonyl (C=O) groups excluding carboxylic acids is 2. The van der Waals surface area contributed by atoms with Crippen molar-refractivity contribution in [3.63, 3.8) is 0 Å². The van der Waals surface area contributed by atoms with Gasteiger partial charge in [-0.3, -0.25) is 4.79 Å². The van der Waals surface area contributed by atoms with Crippen molar-refractivity contribution < 1.29 is 24.2 Å². The fraction of sp³-hybridized carbons (Fsp3) is 0.333. The third-order valence-electron chi connectivity index (χ3n) is 5.35. The van der Waals surface area contributed by atoms with Gasteiger partial charge in [-0.05, 0) is 23.3 Å². The van der Waals surface area contributed by atoms with Crippen molar-refractivity contribution in [3.05, 3.63) is 60.2 Å². The van der Waals surface area contributed by atoms with E-state index in [9.17, 15) is 14.7 Å². The van der Waals surface area contributed by atoms with Gasteiger partial charge in [0.1, 0.15) is 12.2 Å². The molecule has 0 unspecified atom stereocenters. The number of aliphatic hydroxyl groups excluding tert-OH is 1. The van der Waals surface area contributed by atoms with Gasteiger partial charge in [-0.15, -0.1) is 0 Å². The highest BCUT2D eigenvalue weighted by Gasteiger charge is 2.51. The van der Waals surface area contributed by atoms with Crippen LogP contribution in [0.5, 0.6) is 0 Å². The molecule has 2 fully saturated rings. The standard InChI is InChI=1S/C21H20O5/c22-12-17-16-10-20(23)25-18(16)11-19(17)26-21(24)15-8-6-14(7-9-15)13-4-2-1-3-5-13/h1-9,16-19,22H,10-12H2/t16-,17+,18-,19+/m1/s1. The highest BCUT2D eigenvalue weighted by atomic mass is 16.6. The van der Waals surface area contributed by atoms with Crippen molar-refractivity contribution in [2.75, 3.05) is 6.61 Å². The van der Waals surface area contributed by atoms with E-state index in [1.54, 1.807) is 12.1 Å². The van der Waals surface area contributed by atoms with Crippen molar-refractivity contribution in [3.8, 4) is 11.1 Å². The van der Waals surface area contributed by atoms with Gasteiger partial charge in [0.25, 0.3) is 0 Å². The molecule has 4 rings (SSSR count). The van der Waals surface area contributed by atoms with E-state index in [0.29, 0.717) is 12.0 Å². The average molecular weight is 352 g/mol. The lowest BCUT2D eigenvalue weighted by molar-refractivity contribution is -0.141. The maximum absolute atomic E-state index is 12.5. The first-order valence-corrected chi connectivity index (χ1v) is 8.82. The molecular formula is C21H20O5. The minimum Gasteiger partial charge on any atom is -0.462 e. The molecule has 0 bridgehead atoms. The highest BCUT2D eigenvalue weighted by molar-refractivity contribution is 5.90. The minimum absolute atomic E-state index is 0.0641. The fourth-order valence-corrected chi connectivity index (χ4v) is 3.98. The third-order valence-corrected chi connectivity index (χ3v) is 5.35. The molecule has 5 heteroatoms. The first-order valence-electron chi connectivity index (χ1n) is 8.82. The van der Waals surface area contributed by atoms with Gasteiger partial charge in [0.15, 0.2) is 0 Å². The number of carbonyl (C=O) groups is 2. The molecule has 2 aromatic rings. The van der Waals surface area contributed by atoms with Crippen molar-refractivity contribution in [2.45, 2.75) is 25.0 Å². The van der Waals surface area contributed by atoms with Crippen LogP contribution in [0.2, 0.25) is 0 Å². The molecular weight excluding hydrogens is 332 g/mol. The number of esters is 2. The molecule has 5 nitrogen and oxygen atoms in total. The second-order valence-corrected chi connectivity index (χ2v) is 6.87. The van der Waals surface area contributed by atoms with Gasteiger partial charge < -0.3 is 14.6 Å². The quantitative estimate of drug-likeness (QED) is 0.857. The van der Waals surface area contributed by atoms with E-state index in [4.69, 9.17) is 9.47 Å². The molecule has 26 heavy (non-hydrogen) atoms. The second-order valence-electron chi connectivity index (χ2n) is 6.87. The van der Waals surface area contributed by atoms with Gasteiger partial charge >= 0.3 is 11.9 Å². The van der Waals surface area contributed by atoms with Gasteiger partial charge in [0, 0.05) is 24.9 Å². The smallest absolute Gasteiger partial charge is 0.338 e. The normalized spacial score (nSPS) is 27.0. The topological polar surface area (TPSA) is 72.8 Å². The van der Waals surface area contributed by atoms with Crippen LogP contribution in [0.4, 0.5) is 0 Å². The van der Waals surface area contributed by atoms with Gasteiger partial charge in [-0.25, -0.2) is 4.79 Å². The Hall–Kier alpha value is -2.66. The van der Waals surface area contributed by atoms with Crippen molar-refractivity contribution in [1.82, 2.24) is 0 Å². The predicted octanol–water partition coefficient (Wildman–Crippen LogP) is 2.82. The minimum atomic E-state index is -0.426. The second kappa shape index (κ2) is 6.92. The van der Waals surface area contributed by atoms with Crippen LogP contribution in [0.1, 0.15) is 23.2 Å². The number of rotatable bonds is 4. The van der Waals surface area contributed by atoms with Crippen LogP contribution in [0.15, 0.2) is 54.6 Å². The molecule has 1 saturated heterocycles. The van der Waals surface area contributed by atoms with Crippen molar-refractivity contribution in [1.29, 1.82) is 0 Å². The maximum Gasteiger partial charge on any atom is 0.338 e. The van der Waals surface area contributed by atoms with Crippen LogP contribution in [0.3, 0.4) is 0 Å². The van der Waals surface area contributed by atoms with E-state index < -0.39 is 12.1 Å². The van der Waals surface area contributed by atoms with Gasteiger partial charge in [0.05, 0.1) is 12.0 Å². The molecule has 134 valence electrons. The molecule has 2 aromatic carbocycles. The molecule has 1 aliphatic heterocycles. The predicted molar refractivity (Wildman–Crippen MR) is 94.3 cm³/mol. The lowest BCUT2D eigenvalue weighted by Crippen LogP contribution is -2.28. The molecule has 0 spiro atoms. The highest BCUT2D eigenvalue weighted by Crippen LogP contribution is 2.42. The zero-order chi connectivity index (χ0) is 18.1. The Morgan fingerprint density at radius 1 is 1.08 bits per heavy atom. The molecule has 0 aromatic heterocycles. The summed E-state index contributed by atoms with van der Waals surface area (Å²) in [4.78, 5) is 23.9. The molecule has 1 heterocycles. The summed E-state index contributed by atoms with van der Waals surface area (Å²) in [5.41, 5.74) is 2.58. The number of hydrogen-bond donors (Lipinski definition) is 1. The van der Waals surface area contributed by atoms with E-state index in [0.717, 1.165) is 11.1 Å². The summed E-state index contributed by atoms with van der Waals surface area (Å²) in [5, 5.41) is 9.66. The van der Waals surface area contributed by atoms with Gasteiger partial charge in [-0.1, -0.05) is 42.5 Å². The monoisotopic (exact) mass is 352 g/mol. The van der Waals surface area contributed by atoms with Crippen molar-refractivity contribution in [2.24, 2.45) is 11.8 Å². The summed E-state index contributed by atoms with van der Waals surface area (Å²) in [6.45, 7) is -0.122. The zero-order valence-electron chi connectivity index (χ0n) is 14.2. The molecule has 0 radical (unpaired) electrons. The van der Waals surface area contributed by atoms with Crippen LogP contribution < -0.4 is 0 Å². The van der Waals surface area contributed by atoms with E-state index in [1.807, 2.05) is 42.5 Å². The first kappa shape index (κ1) is 16.8. The van der Waals surface area contributed by atoms with Crippen molar-refractivity contribution >= 4 is 11.9 Å². The van der Waals surface area contributed by atoms with Crippen LogP contribution in [-0.2, 0) is 14.3 Å². The summed E-state index contributed by atoms with van der Waals surface area (Å²) < 4.78 is 10.9. The maximum atomic E-state index is 12.5. The Bertz CT molecular complexity index is 799. The van der Waals surface area contributed by atoms with Gasteiger partial charge in [0.2, 0.25) is 0 Å². The third kappa shape index (κ3) is 3.10. The van der Waals surface area contributed by atoms with Crippen LogP contribution in [-0.4, -0.2) is 35.9 Å². The summed E-state index contributed by atoms with van der Waals surface area (Å²) in [5.74, 6) is -0.969. The lowest BCUT2D eigenvalue weighted by atomic mass is 9.93. The Balaban J connectivity index is 1.44. The molecule has 1 saturated carbocycles. The SMILES string of the molecule is O=C1C[C@@H]2[C@H](CO)[C@@H](OC(=O)c3ccc(-c4ccccc4)cc3)C[C@H]2O1. The van der Waals surface area contributed by atoms with E-state index >= 15 is 0 Å². The average Bonchev–Trinajstić information content (AvgIpc) is 3.17. The molecule has 1 N–H and O–H groups in total. The van der Waals surface area contributed by atoms with Crippen LogP contribution >= 0.6 is 0 Å². The van der Waals surface area contributed by atoms with Crippen LogP contribution in [0, 0.1) is 11.8 Å². The van der Waals surface area contributed by atoms with Crippen LogP contribution in [0.25, 0.3) is 11.1 Å². The molecule has 1 aliphatic carbocycles. The zero-order valence-corrected chi connectivity index (χ0v) is 14.2. The summed E-state index contributed by atoms with van der Waals surface area (Å²) >= 11 is 0. The van der Waals surface area contributed by atoms with Gasteiger partial charge in [-0.2, -0.15) is 0 Å². The number of fused-ring (bicyclic) bond motifs is 1. The molecule has 0 amide bonds. The number of benzene rings is 2. The number of hydrogen-bond acceptors (Lipinski definition) is 5. The summed E-state index contributed by atoms with van der Waals surface area (Å²) in [6.07, 6.45) is 0.0628. The molecule has 4 atom stereocenters. The fourth-order valence-electron chi connectivity index (χ4n) is 3.98. The molecule has 2 aliphatic rings. The Kier molecular flexibility index (Phi) is 4.47. The Morgan fingerprint density at radius 2 is 1.77 bits per heavy atom. The summed E-state index contributed by atoms with van der Waals surface area (Å²) in [6, 6.07) is 17.2. The number of aliphatic hydroxyl groups is 1. The lowest BCUT2D eigenvalue weighted by Gasteiger charge is -2.20.